The summed E-state index contributed by atoms with van der Waals surface area (Å²) in [4.78, 5) is 23.0. The molecule has 0 aliphatic rings. The lowest BCUT2D eigenvalue weighted by atomic mass is 10.1. The van der Waals surface area contributed by atoms with Gasteiger partial charge in [-0.15, -0.1) is 0 Å². The van der Waals surface area contributed by atoms with E-state index in [0.717, 1.165) is 21.6 Å². The van der Waals surface area contributed by atoms with Crippen LogP contribution < -0.4 is 15.2 Å². The highest BCUT2D eigenvalue weighted by molar-refractivity contribution is 5.93. The molecule has 4 rings (SSSR count). The molecule has 0 radical (unpaired) electrons. The van der Waals surface area contributed by atoms with Gasteiger partial charge in [0.1, 0.15) is 5.75 Å². The van der Waals surface area contributed by atoms with Crippen LogP contribution >= 0.6 is 0 Å². The number of benzene rings is 2. The highest BCUT2D eigenvalue weighted by atomic mass is 19.4. The molecular formula is C24H21F3N4O4. The minimum absolute atomic E-state index is 0.0715. The first-order chi connectivity index (χ1) is 16.7. The van der Waals surface area contributed by atoms with Crippen LogP contribution in [-0.2, 0) is 6.18 Å². The zero-order valence-electron chi connectivity index (χ0n) is 18.7. The number of hydrogen-bond donors (Lipinski definition) is 2. The van der Waals surface area contributed by atoms with Crippen LogP contribution in [-0.4, -0.2) is 44.8 Å². The molecule has 11 heteroatoms. The van der Waals surface area contributed by atoms with Gasteiger partial charge in [0.25, 0.3) is 5.56 Å². The van der Waals surface area contributed by atoms with E-state index in [1.807, 2.05) is 0 Å². The number of halogens is 3. The summed E-state index contributed by atoms with van der Waals surface area (Å²) in [5.41, 5.74) is -0.299. The Bertz CT molecular complexity index is 1420. The van der Waals surface area contributed by atoms with Gasteiger partial charge in [0.05, 0.1) is 24.1 Å². The van der Waals surface area contributed by atoms with Gasteiger partial charge in [0, 0.05) is 23.6 Å². The predicted octanol–water partition coefficient (Wildman–Crippen LogP) is 3.57. The molecule has 0 saturated heterocycles. The van der Waals surface area contributed by atoms with Gasteiger partial charge < -0.3 is 14.9 Å². The molecular weight excluding hydrogens is 465 g/mol. The van der Waals surface area contributed by atoms with E-state index in [-0.39, 0.29) is 23.8 Å². The van der Waals surface area contributed by atoms with E-state index in [9.17, 15) is 28.2 Å². The zero-order chi connectivity index (χ0) is 25.3. The third-order valence-electron chi connectivity index (χ3n) is 5.43. The first kappa shape index (κ1) is 24.2. The van der Waals surface area contributed by atoms with Crippen molar-refractivity contribution >= 4 is 17.0 Å². The molecule has 2 heterocycles. The fourth-order valence-electron chi connectivity index (χ4n) is 3.73. The number of anilines is 1. The van der Waals surface area contributed by atoms with Crippen molar-refractivity contribution in [3.63, 3.8) is 0 Å². The molecule has 0 aliphatic carbocycles. The smallest absolute Gasteiger partial charge is 0.416 e. The number of fused-ring (bicyclic) bond motifs is 1. The Kier molecular flexibility index (Phi) is 6.46. The Hall–Kier alpha value is -3.96. The van der Waals surface area contributed by atoms with Crippen LogP contribution in [0.15, 0.2) is 65.5 Å². The molecule has 2 N–H and O–H groups in total. The van der Waals surface area contributed by atoms with E-state index in [0.29, 0.717) is 22.4 Å². The molecule has 0 saturated carbocycles. The summed E-state index contributed by atoms with van der Waals surface area (Å²) in [7, 11) is 1.48. The van der Waals surface area contributed by atoms with Crippen molar-refractivity contribution in [1.82, 2.24) is 14.5 Å². The summed E-state index contributed by atoms with van der Waals surface area (Å²) in [5, 5.41) is 20.1. The third kappa shape index (κ3) is 4.55. The third-order valence-corrected chi connectivity index (χ3v) is 5.43. The lowest BCUT2D eigenvalue weighted by molar-refractivity contribution is -0.137. The molecule has 0 spiro atoms. The molecule has 35 heavy (non-hydrogen) atoms. The average molecular weight is 486 g/mol. The molecule has 0 unspecified atom stereocenters. The second-order valence-electron chi connectivity index (χ2n) is 7.49. The van der Waals surface area contributed by atoms with Crippen LogP contribution in [0.4, 0.5) is 19.1 Å². The van der Waals surface area contributed by atoms with Gasteiger partial charge in [-0.25, -0.2) is 4.98 Å². The van der Waals surface area contributed by atoms with E-state index < -0.39 is 23.7 Å². The number of aromatic nitrogens is 3. The van der Waals surface area contributed by atoms with E-state index in [1.54, 1.807) is 31.2 Å². The number of ether oxygens (including phenoxy) is 1. The quantitative estimate of drug-likeness (QED) is 0.402. The second kappa shape index (κ2) is 9.35. The van der Waals surface area contributed by atoms with Crippen molar-refractivity contribution < 1.29 is 28.1 Å². The zero-order valence-corrected chi connectivity index (χ0v) is 18.7. The molecule has 0 aliphatic heterocycles. The fraction of sp³-hybridized carbons (Fsp3) is 0.208. The van der Waals surface area contributed by atoms with Gasteiger partial charge in [0.2, 0.25) is 12.4 Å². The Morgan fingerprint density at radius 3 is 2.31 bits per heavy atom. The Balaban J connectivity index is 2.07. The molecule has 2 aromatic heterocycles. The Morgan fingerprint density at radius 1 is 1.03 bits per heavy atom. The van der Waals surface area contributed by atoms with Gasteiger partial charge in [-0.2, -0.15) is 18.2 Å². The van der Waals surface area contributed by atoms with Crippen molar-refractivity contribution in [1.29, 1.82) is 0 Å². The number of alkyl halides is 3. The second-order valence-corrected chi connectivity index (χ2v) is 7.49. The maximum Gasteiger partial charge on any atom is 0.416 e. The highest BCUT2D eigenvalue weighted by Crippen LogP contribution is 2.35. The molecule has 8 nitrogen and oxygen atoms in total. The molecule has 0 bridgehead atoms. The molecule has 0 fully saturated rings. The summed E-state index contributed by atoms with van der Waals surface area (Å²) < 4.78 is 45.8. The lowest BCUT2D eigenvalue weighted by Gasteiger charge is -2.24. The van der Waals surface area contributed by atoms with E-state index in [4.69, 9.17) is 4.74 Å². The summed E-state index contributed by atoms with van der Waals surface area (Å²) in [5.74, 6) is 0.375. The minimum atomic E-state index is -4.53. The van der Waals surface area contributed by atoms with Crippen molar-refractivity contribution in [3.8, 4) is 22.7 Å². The standard InChI is InChI=1S/C24H21F3N4O4/c1-3-30(23(33)34)22-28-20(16-6-4-5-7-18(16)35-2)17-12-13-19(32)31(21(17)29-22)15-10-8-14(9-11-15)24(25,26)27/h4-13,23,33-34H,3H2,1-2H3. The van der Waals surface area contributed by atoms with Gasteiger partial charge in [-0.05, 0) is 49.4 Å². The fourth-order valence-corrected chi connectivity index (χ4v) is 3.73. The van der Waals surface area contributed by atoms with Gasteiger partial charge >= 0.3 is 6.18 Å². The Labute approximate surface area is 197 Å². The SMILES string of the molecule is CCN(c1nc(-c2ccccc2OC)c2ccc(=O)n(-c3ccc(C(F)(F)F)cc3)c2n1)C(O)O. The molecule has 4 aromatic rings. The topological polar surface area (TPSA) is 101 Å². The maximum atomic E-state index is 13.1. The number of aliphatic hydroxyl groups is 2. The van der Waals surface area contributed by atoms with Crippen molar-refractivity contribution in [2.45, 2.75) is 19.5 Å². The number of rotatable bonds is 6. The lowest BCUT2D eigenvalue weighted by Crippen LogP contribution is -2.36. The van der Waals surface area contributed by atoms with Crippen LogP contribution in [0.25, 0.3) is 28.0 Å². The van der Waals surface area contributed by atoms with Gasteiger partial charge in [-0.3, -0.25) is 14.3 Å². The number of methoxy groups -OCH3 is 1. The number of aliphatic hydroxyl groups excluding tert-OH is 1. The largest absolute Gasteiger partial charge is 0.496 e. The predicted molar refractivity (Wildman–Crippen MR) is 123 cm³/mol. The van der Waals surface area contributed by atoms with Crippen molar-refractivity contribution in [2.75, 3.05) is 18.6 Å². The van der Waals surface area contributed by atoms with Crippen molar-refractivity contribution in [2.24, 2.45) is 0 Å². The number of pyridine rings is 1. The Morgan fingerprint density at radius 2 is 1.71 bits per heavy atom. The summed E-state index contributed by atoms with van der Waals surface area (Å²) >= 11 is 0. The van der Waals surface area contributed by atoms with Crippen LogP contribution in [0.3, 0.4) is 0 Å². The molecule has 0 amide bonds. The van der Waals surface area contributed by atoms with E-state index in [1.165, 1.54) is 31.4 Å². The van der Waals surface area contributed by atoms with E-state index in [2.05, 4.69) is 9.97 Å². The van der Waals surface area contributed by atoms with E-state index >= 15 is 0 Å². The number of para-hydroxylation sites is 1. The highest BCUT2D eigenvalue weighted by Gasteiger charge is 2.30. The van der Waals surface area contributed by atoms with Crippen LogP contribution in [0.1, 0.15) is 12.5 Å². The van der Waals surface area contributed by atoms with Crippen LogP contribution in [0, 0.1) is 0 Å². The first-order valence-corrected chi connectivity index (χ1v) is 10.5. The number of hydrogen-bond acceptors (Lipinski definition) is 7. The van der Waals surface area contributed by atoms with Crippen molar-refractivity contribution in [3.05, 3.63) is 76.6 Å². The average Bonchev–Trinajstić information content (AvgIpc) is 2.83. The van der Waals surface area contributed by atoms with Crippen LogP contribution in [0.2, 0.25) is 0 Å². The number of nitrogens with zero attached hydrogens (tertiary/aromatic N) is 4. The summed E-state index contributed by atoms with van der Waals surface area (Å²) in [6.07, 6.45) is -6.47. The molecule has 0 atom stereocenters. The van der Waals surface area contributed by atoms with Gasteiger partial charge in [-0.1, -0.05) is 12.1 Å². The first-order valence-electron chi connectivity index (χ1n) is 10.5. The summed E-state index contributed by atoms with van der Waals surface area (Å²) in [6.45, 7) is 1.77. The molecule has 2 aromatic carbocycles. The summed E-state index contributed by atoms with van der Waals surface area (Å²) in [6, 6.07) is 13.8. The maximum absolute atomic E-state index is 13.1. The van der Waals surface area contributed by atoms with Gasteiger partial charge in [0.15, 0.2) is 5.65 Å². The minimum Gasteiger partial charge on any atom is -0.496 e. The normalized spacial score (nSPS) is 11.8. The monoisotopic (exact) mass is 486 g/mol. The van der Waals surface area contributed by atoms with Crippen LogP contribution in [0.5, 0.6) is 5.75 Å². The molecule has 182 valence electrons.